The predicted molar refractivity (Wildman–Crippen MR) is 128 cm³/mol. The van der Waals surface area contributed by atoms with Crippen LogP contribution in [0.2, 0.25) is 0 Å². The Hall–Kier alpha value is -3.12. The van der Waals surface area contributed by atoms with Gasteiger partial charge in [0.25, 0.3) is 0 Å². The maximum absolute atomic E-state index is 13.9. The summed E-state index contributed by atoms with van der Waals surface area (Å²) in [6, 6.07) is 19.2. The Morgan fingerprint density at radius 2 is 1.81 bits per heavy atom. The molecular weight excluding hydrogens is 466 g/mol. The molecule has 0 fully saturated rings. The van der Waals surface area contributed by atoms with Crippen molar-refractivity contribution in [2.24, 2.45) is 0 Å². The third-order valence-corrected chi connectivity index (χ3v) is 7.21. The summed E-state index contributed by atoms with van der Waals surface area (Å²) in [5, 5.41) is 8.95. The van der Waals surface area contributed by atoms with Crippen LogP contribution >= 0.6 is 0 Å². The summed E-state index contributed by atoms with van der Waals surface area (Å²) in [6.07, 6.45) is 3.31. The van der Waals surface area contributed by atoms with Crippen molar-refractivity contribution < 1.29 is 14.3 Å². The zero-order valence-electron chi connectivity index (χ0n) is 18.2. The van der Waals surface area contributed by atoms with Crippen molar-refractivity contribution in [2.75, 3.05) is 0 Å². The van der Waals surface area contributed by atoms with Gasteiger partial charge in [-0.2, -0.15) is 0 Å². The Morgan fingerprint density at radius 1 is 1.06 bits per heavy atom. The molecule has 1 aliphatic carbocycles. The molecule has 0 atom stereocenters. The third kappa shape index (κ3) is 4.55. The first-order valence-electron chi connectivity index (χ1n) is 10.4. The minimum absolute atomic E-state index is 0.0405. The molecule has 32 heavy (non-hydrogen) atoms. The number of aromatic carboxylic acids is 1. The molecule has 1 aliphatic rings. The molecule has 4 rings (SSSR count). The molecular formula is C28H23FO2Se. The van der Waals surface area contributed by atoms with Gasteiger partial charge in [0.05, 0.1) is 0 Å². The number of halogens is 1. The second-order valence-electron chi connectivity index (χ2n) is 8.61. The van der Waals surface area contributed by atoms with E-state index in [-0.39, 0.29) is 25.9 Å². The van der Waals surface area contributed by atoms with Crippen LogP contribution in [-0.2, 0) is 5.41 Å². The van der Waals surface area contributed by atoms with Crippen molar-refractivity contribution in [3.63, 3.8) is 0 Å². The van der Waals surface area contributed by atoms with E-state index in [4.69, 9.17) is 5.11 Å². The second-order valence-corrected chi connectivity index (χ2v) is 10.5. The van der Waals surface area contributed by atoms with Crippen molar-refractivity contribution in [3.8, 4) is 10.7 Å². The van der Waals surface area contributed by atoms with E-state index in [2.05, 4.69) is 80.1 Å². The Bertz CT molecular complexity index is 1290. The molecule has 0 heterocycles. The van der Waals surface area contributed by atoms with Crippen LogP contribution in [-0.4, -0.2) is 26.0 Å². The van der Waals surface area contributed by atoms with Gasteiger partial charge in [-0.15, -0.1) is 0 Å². The standard InChI is InChI=1S/C28H23FO2Se/c1-18-4-7-20(8-5-18)22-12-14-28(2,3)25-17-21(9-11-23(22)25)32-15-13-19-6-10-24(27(30)31)26(29)16-19/h4-12,16-17H,14H2,1-3H3,(H,30,31). The van der Waals surface area contributed by atoms with Crippen LogP contribution in [0.3, 0.4) is 0 Å². The zero-order valence-corrected chi connectivity index (χ0v) is 19.9. The molecule has 0 spiro atoms. The fourth-order valence-electron chi connectivity index (χ4n) is 3.87. The summed E-state index contributed by atoms with van der Waals surface area (Å²) >= 11 is -0.0990. The van der Waals surface area contributed by atoms with Gasteiger partial charge in [0, 0.05) is 0 Å². The number of allylic oxidation sites excluding steroid dienone is 1. The molecule has 0 saturated heterocycles. The quantitative estimate of drug-likeness (QED) is 0.402. The SMILES string of the molecule is Cc1ccc(C2=CCC(C)(C)c3cc([Se]C#Cc4ccc(C(=O)O)c(F)c4)ccc32)cc1. The molecule has 0 aromatic heterocycles. The second kappa shape index (κ2) is 8.79. The number of carboxylic acid groups (broad SMARTS) is 1. The van der Waals surface area contributed by atoms with E-state index in [1.165, 1.54) is 44.4 Å². The number of benzene rings is 3. The number of carboxylic acids is 1. The predicted octanol–water partition coefficient (Wildman–Crippen LogP) is 5.28. The van der Waals surface area contributed by atoms with Crippen LogP contribution in [0, 0.1) is 23.5 Å². The first-order chi connectivity index (χ1) is 15.2. The fraction of sp³-hybridized carbons (Fsp3) is 0.179. The topological polar surface area (TPSA) is 37.3 Å². The maximum atomic E-state index is 13.9. The molecule has 160 valence electrons. The molecule has 4 heteroatoms. The van der Waals surface area contributed by atoms with Crippen LogP contribution in [0.25, 0.3) is 5.57 Å². The summed E-state index contributed by atoms with van der Waals surface area (Å²) in [6.45, 7) is 6.63. The number of rotatable bonds is 3. The van der Waals surface area contributed by atoms with Crippen LogP contribution in [0.1, 0.15) is 58.4 Å². The van der Waals surface area contributed by atoms with Crippen molar-refractivity contribution >= 4 is 31.0 Å². The summed E-state index contributed by atoms with van der Waals surface area (Å²) < 4.78 is 15.0. The van der Waals surface area contributed by atoms with Crippen molar-refractivity contribution in [1.29, 1.82) is 0 Å². The third-order valence-electron chi connectivity index (χ3n) is 5.75. The Labute approximate surface area is 194 Å². The average Bonchev–Trinajstić information content (AvgIpc) is 2.75. The van der Waals surface area contributed by atoms with E-state index in [0.717, 1.165) is 6.42 Å². The van der Waals surface area contributed by atoms with E-state index >= 15 is 0 Å². The molecule has 0 saturated carbocycles. The summed E-state index contributed by atoms with van der Waals surface area (Å²) in [5.41, 5.74) is 6.54. The van der Waals surface area contributed by atoms with E-state index in [1.807, 2.05) is 0 Å². The van der Waals surface area contributed by atoms with Crippen LogP contribution in [0.15, 0.2) is 66.7 Å². The Morgan fingerprint density at radius 3 is 2.50 bits per heavy atom. The van der Waals surface area contributed by atoms with Crippen LogP contribution in [0.4, 0.5) is 4.39 Å². The molecule has 2 nitrogen and oxygen atoms in total. The van der Waals surface area contributed by atoms with E-state index < -0.39 is 11.8 Å². The summed E-state index contributed by atoms with van der Waals surface area (Å²) in [7, 11) is 0. The molecule has 3 aromatic carbocycles. The van der Waals surface area contributed by atoms with E-state index in [0.29, 0.717) is 5.56 Å². The first-order valence-corrected chi connectivity index (χ1v) is 12.1. The molecule has 3 aromatic rings. The summed E-state index contributed by atoms with van der Waals surface area (Å²) in [5.74, 6) is 0.937. The van der Waals surface area contributed by atoms with Crippen molar-refractivity contribution in [2.45, 2.75) is 32.6 Å². The average molecular weight is 489 g/mol. The van der Waals surface area contributed by atoms with Crippen LogP contribution < -0.4 is 4.46 Å². The number of aryl methyl sites for hydroxylation is 1. The van der Waals surface area contributed by atoms with Gasteiger partial charge in [0.15, 0.2) is 0 Å². The van der Waals surface area contributed by atoms with Gasteiger partial charge in [-0.05, 0) is 0 Å². The normalized spacial score (nSPS) is 14.1. The fourth-order valence-corrected chi connectivity index (χ4v) is 5.13. The molecule has 0 unspecified atom stereocenters. The van der Waals surface area contributed by atoms with Crippen molar-refractivity contribution in [3.05, 3.63) is 106 Å². The molecule has 0 amide bonds. The van der Waals surface area contributed by atoms with Gasteiger partial charge in [-0.3, -0.25) is 0 Å². The van der Waals surface area contributed by atoms with Gasteiger partial charge in [0.2, 0.25) is 0 Å². The molecule has 0 aliphatic heterocycles. The van der Waals surface area contributed by atoms with E-state index in [1.54, 1.807) is 6.07 Å². The Kier molecular flexibility index (Phi) is 6.06. The summed E-state index contributed by atoms with van der Waals surface area (Å²) in [4.78, 5) is 14.1. The van der Waals surface area contributed by atoms with Gasteiger partial charge in [0.1, 0.15) is 0 Å². The van der Waals surface area contributed by atoms with Gasteiger partial charge < -0.3 is 0 Å². The van der Waals surface area contributed by atoms with E-state index in [9.17, 15) is 9.18 Å². The van der Waals surface area contributed by atoms with Crippen molar-refractivity contribution in [1.82, 2.24) is 0 Å². The number of hydrogen-bond donors (Lipinski definition) is 1. The number of fused-ring (bicyclic) bond motifs is 1. The number of carbonyl (C=O) groups is 1. The van der Waals surface area contributed by atoms with Crippen LogP contribution in [0.5, 0.6) is 0 Å². The molecule has 0 bridgehead atoms. The molecule has 1 N–H and O–H groups in total. The van der Waals surface area contributed by atoms with Gasteiger partial charge >= 0.3 is 195 Å². The first kappa shape index (κ1) is 22.1. The van der Waals surface area contributed by atoms with Gasteiger partial charge in [-0.1, -0.05) is 0 Å². The molecule has 0 radical (unpaired) electrons. The van der Waals surface area contributed by atoms with Gasteiger partial charge in [-0.25, -0.2) is 0 Å². The Balaban J connectivity index is 1.60. The zero-order chi connectivity index (χ0) is 22.9. The minimum atomic E-state index is -1.28. The monoisotopic (exact) mass is 490 g/mol. The number of hydrogen-bond acceptors (Lipinski definition) is 1.